The lowest BCUT2D eigenvalue weighted by Crippen LogP contribution is -2.42. The van der Waals surface area contributed by atoms with Crippen LogP contribution in [0.25, 0.3) is 6.08 Å². The van der Waals surface area contributed by atoms with E-state index >= 15 is 0 Å². The summed E-state index contributed by atoms with van der Waals surface area (Å²) in [5.74, 6) is -0.217. The molecule has 2 heterocycles. The Morgan fingerprint density at radius 2 is 1.97 bits per heavy atom. The molecule has 0 bridgehead atoms. The van der Waals surface area contributed by atoms with E-state index in [1.807, 2.05) is 32.2 Å². The van der Waals surface area contributed by atoms with Crippen molar-refractivity contribution in [1.82, 2.24) is 4.98 Å². The largest absolute Gasteiger partial charge is 0.457 e. The Balaban J connectivity index is 2.29. The zero-order valence-electron chi connectivity index (χ0n) is 21.3. The fourth-order valence-corrected chi connectivity index (χ4v) is 5.06. The van der Waals surface area contributed by atoms with Gasteiger partial charge in [-0.25, -0.2) is 4.98 Å². The van der Waals surface area contributed by atoms with Crippen LogP contribution in [-0.4, -0.2) is 34.1 Å². The van der Waals surface area contributed by atoms with E-state index in [2.05, 4.69) is 24.9 Å². The van der Waals surface area contributed by atoms with E-state index in [0.717, 1.165) is 42.0 Å². The molecule has 0 unspecified atom stereocenters. The normalized spacial score (nSPS) is 30.4. The molecule has 0 radical (unpaired) electrons. The molecule has 0 aromatic carbocycles. The number of carbonyl (C=O) groups excluding carboxylic acids is 2. The Kier molecular flexibility index (Phi) is 10.0. The molecule has 1 aliphatic rings. The molecule has 1 aromatic heterocycles. The summed E-state index contributed by atoms with van der Waals surface area (Å²) in [6, 6.07) is 0. The van der Waals surface area contributed by atoms with Crippen LogP contribution in [0.3, 0.4) is 0 Å². The average molecular weight is 476 g/mol. The first kappa shape index (κ1) is 27.5. The van der Waals surface area contributed by atoms with Crippen LogP contribution in [0.2, 0.25) is 0 Å². The number of allylic oxidation sites excluding steroid dienone is 1. The molecule has 184 valence electrons. The van der Waals surface area contributed by atoms with Crippen LogP contribution >= 0.6 is 11.3 Å². The van der Waals surface area contributed by atoms with Crippen LogP contribution in [0.15, 0.2) is 22.6 Å². The highest BCUT2D eigenvalue weighted by Crippen LogP contribution is 2.32. The first-order valence-electron chi connectivity index (χ1n) is 12.1. The lowest BCUT2D eigenvalue weighted by Gasteiger charge is -2.32. The fourth-order valence-electron chi connectivity index (χ4n) is 4.49. The third-order valence-electron chi connectivity index (χ3n) is 6.77. The third kappa shape index (κ3) is 8.18. The van der Waals surface area contributed by atoms with Gasteiger partial charge in [-0.05, 0) is 57.6 Å². The van der Waals surface area contributed by atoms with E-state index in [9.17, 15) is 14.7 Å². The Bertz CT molecular complexity index is 882. The Morgan fingerprint density at radius 1 is 1.27 bits per heavy atom. The number of thiazole rings is 1. The molecule has 0 saturated carbocycles. The van der Waals surface area contributed by atoms with Crippen LogP contribution < -0.4 is 0 Å². The molecular formula is C27H41NO4S. The van der Waals surface area contributed by atoms with E-state index in [4.69, 9.17) is 4.74 Å². The molecule has 0 saturated heterocycles. The van der Waals surface area contributed by atoms with E-state index in [1.165, 1.54) is 5.57 Å². The zero-order valence-corrected chi connectivity index (χ0v) is 22.1. The molecular weight excluding hydrogens is 434 g/mol. The fraction of sp³-hybridized carbons (Fsp3) is 0.667. The maximum absolute atomic E-state index is 13.1. The summed E-state index contributed by atoms with van der Waals surface area (Å²) in [5, 5.41) is 13.8. The molecule has 1 aliphatic heterocycles. The summed E-state index contributed by atoms with van der Waals surface area (Å²) < 4.78 is 5.84. The molecule has 6 heteroatoms. The van der Waals surface area contributed by atoms with Gasteiger partial charge in [-0.2, -0.15) is 0 Å². The highest BCUT2D eigenvalue weighted by atomic mass is 32.1. The lowest BCUT2D eigenvalue weighted by molar-refractivity contribution is -0.153. The van der Waals surface area contributed by atoms with Crippen molar-refractivity contribution in [2.24, 2.45) is 17.3 Å². The van der Waals surface area contributed by atoms with Gasteiger partial charge in [-0.15, -0.1) is 11.3 Å². The van der Waals surface area contributed by atoms with E-state index in [1.54, 1.807) is 25.2 Å². The smallest absolute Gasteiger partial charge is 0.309 e. The van der Waals surface area contributed by atoms with Crippen LogP contribution in [0.1, 0.15) is 90.8 Å². The Labute approximate surface area is 203 Å². The minimum Gasteiger partial charge on any atom is -0.457 e. The molecule has 0 amide bonds. The van der Waals surface area contributed by atoms with Crippen molar-refractivity contribution in [2.75, 3.05) is 0 Å². The highest BCUT2D eigenvalue weighted by molar-refractivity contribution is 7.09. The van der Waals surface area contributed by atoms with Gasteiger partial charge >= 0.3 is 5.97 Å². The highest BCUT2D eigenvalue weighted by Gasteiger charge is 2.39. The van der Waals surface area contributed by atoms with Crippen molar-refractivity contribution in [1.29, 1.82) is 0 Å². The van der Waals surface area contributed by atoms with E-state index in [0.29, 0.717) is 12.3 Å². The number of Topliss-reactive ketones (excluding diaryl/α,β-unsaturated/α-hetero) is 1. The standard InChI is InChI=1S/C27H41NO4S/c1-17-9-8-10-18(2)13-20(4)26(31)27(6,7)24(29)15-25(30)32-23(12-11-17)19(3)14-22-16-33-21(5)28-22/h11,14,16,18,20,23-24,29H,8-10,12-13,15H2,1-7H3/b17-11-,19-14+/t18-,20+,23-,24-/m0/s1. The van der Waals surface area contributed by atoms with Gasteiger partial charge in [0.15, 0.2) is 0 Å². The van der Waals surface area contributed by atoms with Crippen molar-refractivity contribution in [3.05, 3.63) is 33.3 Å². The number of ether oxygens (including phenoxy) is 1. The first-order valence-corrected chi connectivity index (χ1v) is 13.0. The quantitative estimate of drug-likeness (QED) is 0.401. The monoisotopic (exact) mass is 475 g/mol. The molecule has 33 heavy (non-hydrogen) atoms. The Hall–Kier alpha value is -1.79. The average Bonchev–Trinajstić information content (AvgIpc) is 3.13. The number of aromatic nitrogens is 1. The van der Waals surface area contributed by atoms with Gasteiger partial charge in [-0.3, -0.25) is 9.59 Å². The summed E-state index contributed by atoms with van der Waals surface area (Å²) in [5.41, 5.74) is 2.03. The summed E-state index contributed by atoms with van der Waals surface area (Å²) in [4.78, 5) is 30.4. The number of hydrogen-bond donors (Lipinski definition) is 1. The number of aliphatic hydroxyl groups is 1. The number of carbonyl (C=O) groups is 2. The van der Waals surface area contributed by atoms with Crippen LogP contribution in [0, 0.1) is 24.2 Å². The number of ketones is 1. The molecule has 5 nitrogen and oxygen atoms in total. The van der Waals surface area contributed by atoms with Gasteiger partial charge in [0.2, 0.25) is 0 Å². The van der Waals surface area contributed by atoms with Crippen LogP contribution in [0.4, 0.5) is 0 Å². The predicted octanol–water partition coefficient (Wildman–Crippen LogP) is 6.30. The van der Waals surface area contributed by atoms with Gasteiger partial charge in [0, 0.05) is 17.7 Å². The molecule has 1 aromatic rings. The predicted molar refractivity (Wildman–Crippen MR) is 135 cm³/mol. The van der Waals surface area contributed by atoms with E-state index in [-0.39, 0.29) is 18.1 Å². The Morgan fingerprint density at radius 3 is 2.61 bits per heavy atom. The second-order valence-corrected chi connectivity index (χ2v) is 11.4. The first-order chi connectivity index (χ1) is 15.4. The van der Waals surface area contributed by atoms with E-state index < -0.39 is 23.6 Å². The van der Waals surface area contributed by atoms with Gasteiger partial charge in [-0.1, -0.05) is 45.8 Å². The summed E-state index contributed by atoms with van der Waals surface area (Å²) in [6.07, 6.45) is 6.87. The number of esters is 1. The van der Waals surface area contributed by atoms with Gasteiger partial charge in [0.05, 0.1) is 28.6 Å². The van der Waals surface area contributed by atoms with Gasteiger partial charge in [0.1, 0.15) is 11.9 Å². The second-order valence-electron chi connectivity index (χ2n) is 10.4. The van der Waals surface area contributed by atoms with Gasteiger partial charge < -0.3 is 9.84 Å². The minimum atomic E-state index is -1.09. The van der Waals surface area contributed by atoms with Gasteiger partial charge in [0.25, 0.3) is 0 Å². The van der Waals surface area contributed by atoms with Crippen molar-refractivity contribution < 1.29 is 19.4 Å². The number of hydrogen-bond acceptors (Lipinski definition) is 6. The molecule has 2 rings (SSSR count). The van der Waals surface area contributed by atoms with Crippen LogP contribution in [0.5, 0.6) is 0 Å². The molecule has 4 atom stereocenters. The number of rotatable bonds is 2. The van der Waals surface area contributed by atoms with Crippen molar-refractivity contribution in [3.8, 4) is 0 Å². The lowest BCUT2D eigenvalue weighted by atomic mass is 9.74. The van der Waals surface area contributed by atoms with Crippen LogP contribution in [-0.2, 0) is 14.3 Å². The minimum absolute atomic E-state index is 0.00403. The molecule has 1 N–H and O–H groups in total. The summed E-state index contributed by atoms with van der Waals surface area (Å²) in [7, 11) is 0. The van der Waals surface area contributed by atoms with Crippen molar-refractivity contribution in [2.45, 2.75) is 99.2 Å². The summed E-state index contributed by atoms with van der Waals surface area (Å²) >= 11 is 1.58. The molecule has 0 fully saturated rings. The van der Waals surface area contributed by atoms with Crippen molar-refractivity contribution >= 4 is 29.2 Å². The SMILES string of the molecule is C/C1=C/C[C@@H](/C(C)=C/c2csc(C)n2)OC(=O)C[C@H](O)C(C)(C)C(=O)[C@H](C)C[C@@H](C)CCC1. The number of nitrogens with zero attached hydrogens (tertiary/aromatic N) is 1. The second kappa shape index (κ2) is 12.1. The third-order valence-corrected chi connectivity index (χ3v) is 7.57. The molecule has 0 aliphatic carbocycles. The van der Waals surface area contributed by atoms with Crippen molar-refractivity contribution in [3.63, 3.8) is 0 Å². The topological polar surface area (TPSA) is 76.5 Å². The summed E-state index contributed by atoms with van der Waals surface area (Å²) in [6.45, 7) is 13.6. The maximum atomic E-state index is 13.1. The maximum Gasteiger partial charge on any atom is 0.309 e. The molecule has 0 spiro atoms. The number of aryl methyl sites for hydroxylation is 1. The zero-order chi connectivity index (χ0) is 24.8. The number of aliphatic hydroxyl groups excluding tert-OH is 1. The number of cyclic esters (lactones) is 1.